The van der Waals surface area contributed by atoms with E-state index in [1.165, 1.54) is 14.2 Å². The van der Waals surface area contributed by atoms with Crippen LogP contribution in [0.4, 0.5) is 0 Å². The van der Waals surface area contributed by atoms with Gasteiger partial charge in [-0.15, -0.1) is 0 Å². The number of Topliss-reactive ketones (excluding diaryl/α,β-unsaturated/α-hetero) is 1. The van der Waals surface area contributed by atoms with E-state index >= 15 is 0 Å². The van der Waals surface area contributed by atoms with E-state index in [1.807, 2.05) is 0 Å². The second-order valence-corrected chi connectivity index (χ2v) is 3.06. The van der Waals surface area contributed by atoms with Crippen LogP contribution >= 0.6 is 0 Å². The highest BCUT2D eigenvalue weighted by Crippen LogP contribution is 2.24. The average Bonchev–Trinajstić information content (AvgIpc) is 2.26. The van der Waals surface area contributed by atoms with E-state index in [-0.39, 0.29) is 17.4 Å². The minimum absolute atomic E-state index is 0.226. The number of nitrogens with two attached hydrogens (primary N) is 1. The minimum Gasteiger partial charge on any atom is -0.491 e. The molecule has 1 atom stereocenters. The number of rotatable bonds is 4. The fraction of sp³-hybridized carbons (Fsp3) is 0.400. The largest absolute Gasteiger partial charge is 0.491 e. The Morgan fingerprint density at radius 1 is 1.40 bits per heavy atom. The summed E-state index contributed by atoms with van der Waals surface area (Å²) in [6.07, 6.45) is 0. The van der Waals surface area contributed by atoms with Crippen molar-refractivity contribution in [3.05, 3.63) is 17.8 Å². The van der Waals surface area contributed by atoms with Crippen LogP contribution in [-0.4, -0.2) is 31.0 Å². The Morgan fingerprint density at radius 2 is 2.07 bits per heavy atom. The zero-order valence-corrected chi connectivity index (χ0v) is 8.98. The Hall–Kier alpha value is -1.62. The van der Waals surface area contributed by atoms with Crippen LogP contribution in [0.15, 0.2) is 12.1 Å². The van der Waals surface area contributed by atoms with Gasteiger partial charge in [-0.2, -0.15) is 0 Å². The highest BCUT2D eigenvalue weighted by Gasteiger charge is 2.15. The van der Waals surface area contributed by atoms with Gasteiger partial charge >= 0.3 is 0 Å². The van der Waals surface area contributed by atoms with Gasteiger partial charge in [-0.1, -0.05) is 0 Å². The van der Waals surface area contributed by atoms with Crippen LogP contribution in [0.2, 0.25) is 0 Å². The van der Waals surface area contributed by atoms with Crippen LogP contribution in [0.5, 0.6) is 11.6 Å². The summed E-state index contributed by atoms with van der Waals surface area (Å²) in [6, 6.07) is 2.62. The quantitative estimate of drug-likeness (QED) is 0.738. The number of hydrogen-bond acceptors (Lipinski definition) is 5. The third-order valence-electron chi connectivity index (χ3n) is 1.90. The maximum atomic E-state index is 11.5. The van der Waals surface area contributed by atoms with Crippen molar-refractivity contribution in [2.45, 2.75) is 13.0 Å². The van der Waals surface area contributed by atoms with Crippen LogP contribution in [0.1, 0.15) is 17.4 Å². The third kappa shape index (κ3) is 2.44. The number of ketones is 1. The first-order chi connectivity index (χ1) is 7.10. The lowest BCUT2D eigenvalue weighted by Gasteiger charge is -2.08. The van der Waals surface area contributed by atoms with E-state index in [9.17, 15) is 4.79 Å². The molecule has 0 spiro atoms. The second kappa shape index (κ2) is 4.75. The Kier molecular flexibility index (Phi) is 3.62. The van der Waals surface area contributed by atoms with Gasteiger partial charge in [0.25, 0.3) is 5.88 Å². The molecule has 1 aromatic rings. The normalized spacial score (nSPS) is 12.0. The number of hydrogen-bond donors (Lipinski definition) is 1. The molecular weight excluding hydrogens is 196 g/mol. The molecule has 15 heavy (non-hydrogen) atoms. The lowest BCUT2D eigenvalue weighted by molar-refractivity contribution is 0.0962. The molecule has 0 aromatic carbocycles. The number of pyridine rings is 1. The monoisotopic (exact) mass is 210 g/mol. The Labute approximate surface area is 88.2 Å². The predicted molar refractivity (Wildman–Crippen MR) is 55.3 cm³/mol. The van der Waals surface area contributed by atoms with Crippen LogP contribution < -0.4 is 15.2 Å². The van der Waals surface area contributed by atoms with E-state index < -0.39 is 6.04 Å². The lowest BCUT2D eigenvalue weighted by Crippen LogP contribution is -2.27. The molecule has 1 aromatic heterocycles. The molecule has 0 aliphatic rings. The minimum atomic E-state index is -0.574. The second-order valence-electron chi connectivity index (χ2n) is 3.06. The number of aromatic nitrogens is 1. The van der Waals surface area contributed by atoms with Gasteiger partial charge in [-0.25, -0.2) is 4.98 Å². The molecule has 0 aliphatic heterocycles. The zero-order chi connectivity index (χ0) is 11.4. The van der Waals surface area contributed by atoms with Crippen molar-refractivity contribution in [2.24, 2.45) is 5.73 Å². The first kappa shape index (κ1) is 11.5. The van der Waals surface area contributed by atoms with Gasteiger partial charge in [0, 0.05) is 0 Å². The molecule has 1 heterocycles. The van der Waals surface area contributed by atoms with Crippen LogP contribution in [-0.2, 0) is 0 Å². The van der Waals surface area contributed by atoms with E-state index in [0.29, 0.717) is 5.75 Å². The van der Waals surface area contributed by atoms with Gasteiger partial charge < -0.3 is 15.2 Å². The van der Waals surface area contributed by atoms with Gasteiger partial charge in [0.1, 0.15) is 5.69 Å². The smallest absolute Gasteiger partial charge is 0.257 e. The summed E-state index contributed by atoms with van der Waals surface area (Å²) in [4.78, 5) is 15.5. The number of nitrogens with zero attached hydrogens (tertiary/aromatic N) is 1. The van der Waals surface area contributed by atoms with Gasteiger partial charge in [-0.05, 0) is 19.1 Å². The molecule has 82 valence electrons. The van der Waals surface area contributed by atoms with Crippen LogP contribution in [0.3, 0.4) is 0 Å². The molecule has 5 nitrogen and oxygen atoms in total. The standard InChI is InChI=1S/C10H14N2O3/c1-6(11)9(13)7-4-5-8(14-2)10(12-7)15-3/h4-6H,11H2,1-3H3. The molecule has 2 N–H and O–H groups in total. The maximum absolute atomic E-state index is 11.5. The summed E-state index contributed by atoms with van der Waals surface area (Å²) in [5.74, 6) is 0.540. The summed E-state index contributed by atoms with van der Waals surface area (Å²) in [5.41, 5.74) is 5.75. The molecule has 0 amide bonds. The van der Waals surface area contributed by atoms with E-state index in [1.54, 1.807) is 19.1 Å². The van der Waals surface area contributed by atoms with Crippen molar-refractivity contribution in [3.8, 4) is 11.6 Å². The molecular formula is C10H14N2O3. The Bertz CT molecular complexity index is 364. The molecule has 0 saturated heterocycles. The van der Waals surface area contributed by atoms with Gasteiger partial charge in [0.15, 0.2) is 11.5 Å². The molecule has 0 radical (unpaired) electrons. The van der Waals surface area contributed by atoms with E-state index in [2.05, 4.69) is 4.98 Å². The summed E-state index contributed by atoms with van der Waals surface area (Å²) in [6.45, 7) is 1.61. The van der Waals surface area contributed by atoms with Crippen LogP contribution in [0, 0.1) is 0 Å². The van der Waals surface area contributed by atoms with E-state index in [4.69, 9.17) is 15.2 Å². The Morgan fingerprint density at radius 3 is 2.53 bits per heavy atom. The number of methoxy groups -OCH3 is 2. The average molecular weight is 210 g/mol. The van der Waals surface area contributed by atoms with Crippen molar-refractivity contribution < 1.29 is 14.3 Å². The number of carbonyl (C=O) groups is 1. The van der Waals surface area contributed by atoms with Gasteiger partial charge in [-0.3, -0.25) is 4.79 Å². The molecule has 1 unspecified atom stereocenters. The first-order valence-corrected chi connectivity index (χ1v) is 4.49. The summed E-state index contributed by atoms with van der Waals surface area (Å²) in [7, 11) is 2.97. The lowest BCUT2D eigenvalue weighted by atomic mass is 10.1. The third-order valence-corrected chi connectivity index (χ3v) is 1.90. The zero-order valence-electron chi connectivity index (χ0n) is 8.98. The van der Waals surface area contributed by atoms with Crippen molar-refractivity contribution >= 4 is 5.78 Å². The molecule has 0 saturated carbocycles. The number of ether oxygens (including phenoxy) is 2. The molecule has 0 fully saturated rings. The predicted octanol–water partition coefficient (Wildman–Crippen LogP) is 0.629. The molecule has 0 bridgehead atoms. The van der Waals surface area contributed by atoms with Crippen LogP contribution in [0.25, 0.3) is 0 Å². The fourth-order valence-corrected chi connectivity index (χ4v) is 1.10. The Balaban J connectivity index is 3.08. The van der Waals surface area contributed by atoms with Crippen molar-refractivity contribution in [3.63, 3.8) is 0 Å². The molecule has 1 rings (SSSR count). The summed E-state index contributed by atoms with van der Waals surface area (Å²) in [5, 5.41) is 0. The number of carbonyl (C=O) groups excluding carboxylic acids is 1. The molecule has 5 heteroatoms. The van der Waals surface area contributed by atoms with Gasteiger partial charge in [0.05, 0.1) is 20.3 Å². The highest BCUT2D eigenvalue weighted by atomic mass is 16.5. The topological polar surface area (TPSA) is 74.4 Å². The van der Waals surface area contributed by atoms with Gasteiger partial charge in [0.2, 0.25) is 0 Å². The SMILES string of the molecule is COc1ccc(C(=O)C(C)N)nc1OC. The van der Waals surface area contributed by atoms with Crippen molar-refractivity contribution in [2.75, 3.05) is 14.2 Å². The maximum Gasteiger partial charge on any atom is 0.257 e. The fourth-order valence-electron chi connectivity index (χ4n) is 1.10. The highest BCUT2D eigenvalue weighted by molar-refractivity contribution is 5.98. The first-order valence-electron chi connectivity index (χ1n) is 4.49. The molecule has 0 aliphatic carbocycles. The summed E-state index contributed by atoms with van der Waals surface area (Å²) < 4.78 is 9.98. The van der Waals surface area contributed by atoms with E-state index in [0.717, 1.165) is 0 Å². The van der Waals surface area contributed by atoms with Crippen molar-refractivity contribution in [1.29, 1.82) is 0 Å². The van der Waals surface area contributed by atoms with Crippen molar-refractivity contribution in [1.82, 2.24) is 4.98 Å². The summed E-state index contributed by atoms with van der Waals surface area (Å²) >= 11 is 0.